The SMILES string of the molecule is CCC(C)CO[Si](O)(OCC(C)CC)OCC(C)CC. The van der Waals surface area contributed by atoms with Gasteiger partial charge in [-0.1, -0.05) is 60.8 Å². The number of hydrogen-bond donors (Lipinski definition) is 1. The first-order chi connectivity index (χ1) is 9.36. The molecule has 122 valence electrons. The molecule has 0 radical (unpaired) electrons. The summed E-state index contributed by atoms with van der Waals surface area (Å²) in [6.07, 6.45) is 3.05. The molecule has 3 atom stereocenters. The van der Waals surface area contributed by atoms with E-state index < -0.39 is 9.05 Å². The summed E-state index contributed by atoms with van der Waals surface area (Å²) in [6.45, 7) is 14.1. The van der Waals surface area contributed by atoms with Gasteiger partial charge in [-0.05, 0) is 17.8 Å². The maximum Gasteiger partial charge on any atom is 0.676 e. The molecular weight excluding hydrogens is 272 g/mol. The largest absolute Gasteiger partial charge is 0.676 e. The Morgan fingerprint density at radius 2 is 0.950 bits per heavy atom. The van der Waals surface area contributed by atoms with E-state index in [2.05, 4.69) is 41.5 Å². The Hall–Kier alpha value is 0.0569. The minimum atomic E-state index is -3.49. The molecule has 0 amide bonds. The van der Waals surface area contributed by atoms with Crippen LogP contribution in [-0.4, -0.2) is 33.7 Å². The lowest BCUT2D eigenvalue weighted by Gasteiger charge is -2.26. The van der Waals surface area contributed by atoms with Gasteiger partial charge in [0.25, 0.3) is 0 Å². The summed E-state index contributed by atoms with van der Waals surface area (Å²) in [7, 11) is -3.49. The first kappa shape index (κ1) is 20.1. The van der Waals surface area contributed by atoms with Crippen molar-refractivity contribution in [3.8, 4) is 0 Å². The van der Waals surface area contributed by atoms with E-state index in [9.17, 15) is 4.80 Å². The third-order valence-electron chi connectivity index (χ3n) is 3.74. The molecule has 3 unspecified atom stereocenters. The highest BCUT2D eigenvalue weighted by Gasteiger charge is 2.42. The van der Waals surface area contributed by atoms with Gasteiger partial charge in [0, 0.05) is 19.8 Å². The van der Waals surface area contributed by atoms with Gasteiger partial charge in [0.2, 0.25) is 0 Å². The fourth-order valence-corrected chi connectivity index (χ4v) is 2.96. The molecular formula is C15H34O4Si. The van der Waals surface area contributed by atoms with Gasteiger partial charge in [-0.2, -0.15) is 0 Å². The predicted molar refractivity (Wildman–Crippen MR) is 84.2 cm³/mol. The third-order valence-corrected chi connectivity index (χ3v) is 5.34. The van der Waals surface area contributed by atoms with E-state index in [-0.39, 0.29) is 0 Å². The van der Waals surface area contributed by atoms with Crippen LogP contribution in [0.15, 0.2) is 0 Å². The highest BCUT2D eigenvalue weighted by molar-refractivity contribution is 6.51. The van der Waals surface area contributed by atoms with E-state index in [4.69, 9.17) is 13.3 Å². The molecule has 0 aliphatic rings. The molecule has 0 aromatic heterocycles. The molecule has 0 spiro atoms. The van der Waals surface area contributed by atoms with E-state index in [0.717, 1.165) is 19.3 Å². The summed E-state index contributed by atoms with van der Waals surface area (Å²) in [4.78, 5) is 10.5. The maximum atomic E-state index is 10.5. The molecule has 0 heterocycles. The van der Waals surface area contributed by atoms with Crippen molar-refractivity contribution < 1.29 is 18.1 Å². The Morgan fingerprint density at radius 1 is 0.700 bits per heavy atom. The van der Waals surface area contributed by atoms with E-state index in [1.165, 1.54) is 0 Å². The van der Waals surface area contributed by atoms with Crippen molar-refractivity contribution in [1.82, 2.24) is 0 Å². The minimum Gasteiger partial charge on any atom is -0.367 e. The number of hydrogen-bond acceptors (Lipinski definition) is 4. The Bertz CT molecular complexity index is 202. The van der Waals surface area contributed by atoms with Crippen LogP contribution in [0.3, 0.4) is 0 Å². The van der Waals surface area contributed by atoms with Crippen LogP contribution in [-0.2, 0) is 13.3 Å². The highest BCUT2D eigenvalue weighted by atomic mass is 28.4. The van der Waals surface area contributed by atoms with Crippen LogP contribution < -0.4 is 0 Å². The summed E-state index contributed by atoms with van der Waals surface area (Å²) >= 11 is 0. The van der Waals surface area contributed by atoms with Crippen LogP contribution in [0.2, 0.25) is 0 Å². The molecule has 0 saturated heterocycles. The Balaban J connectivity index is 4.40. The standard InChI is InChI=1S/C15H34O4Si/c1-7-13(4)10-17-20(16,18-11-14(5)8-2)19-12-15(6)9-3/h13-16H,7-12H2,1-6H3. The summed E-state index contributed by atoms with van der Waals surface area (Å²) in [5, 5.41) is 0. The van der Waals surface area contributed by atoms with Gasteiger partial charge >= 0.3 is 9.05 Å². The average Bonchev–Trinajstić information content (AvgIpc) is 2.47. The second-order valence-electron chi connectivity index (χ2n) is 6.00. The van der Waals surface area contributed by atoms with Crippen molar-refractivity contribution in [2.24, 2.45) is 17.8 Å². The molecule has 0 aliphatic carbocycles. The predicted octanol–water partition coefficient (Wildman–Crippen LogP) is 3.60. The first-order valence-electron chi connectivity index (χ1n) is 8.00. The van der Waals surface area contributed by atoms with Gasteiger partial charge in [-0.3, -0.25) is 0 Å². The first-order valence-corrected chi connectivity index (χ1v) is 9.68. The Kier molecular flexibility index (Phi) is 10.8. The summed E-state index contributed by atoms with van der Waals surface area (Å²) in [5.74, 6) is 1.19. The quantitative estimate of drug-likeness (QED) is 0.560. The van der Waals surface area contributed by atoms with Crippen LogP contribution in [0.25, 0.3) is 0 Å². The van der Waals surface area contributed by atoms with Gasteiger partial charge < -0.3 is 18.1 Å². The highest BCUT2D eigenvalue weighted by Crippen LogP contribution is 2.15. The van der Waals surface area contributed by atoms with Gasteiger partial charge in [0.1, 0.15) is 0 Å². The lowest BCUT2D eigenvalue weighted by atomic mass is 10.1. The molecule has 0 saturated carbocycles. The topological polar surface area (TPSA) is 47.9 Å². The molecule has 4 nitrogen and oxygen atoms in total. The summed E-state index contributed by atoms with van der Waals surface area (Å²) < 4.78 is 16.9. The van der Waals surface area contributed by atoms with E-state index in [1.807, 2.05) is 0 Å². The van der Waals surface area contributed by atoms with Gasteiger partial charge in [0.15, 0.2) is 0 Å². The molecule has 0 aromatic rings. The fraction of sp³-hybridized carbons (Fsp3) is 1.00. The minimum absolute atomic E-state index is 0.397. The van der Waals surface area contributed by atoms with Gasteiger partial charge in [-0.15, -0.1) is 0 Å². The smallest absolute Gasteiger partial charge is 0.367 e. The zero-order valence-electron chi connectivity index (χ0n) is 14.1. The van der Waals surface area contributed by atoms with Crippen molar-refractivity contribution >= 4 is 9.05 Å². The molecule has 20 heavy (non-hydrogen) atoms. The zero-order valence-corrected chi connectivity index (χ0v) is 15.1. The molecule has 1 N–H and O–H groups in total. The second-order valence-corrected chi connectivity index (χ2v) is 7.91. The van der Waals surface area contributed by atoms with E-state index >= 15 is 0 Å². The van der Waals surface area contributed by atoms with Gasteiger partial charge in [0.05, 0.1) is 0 Å². The molecule has 5 heteroatoms. The van der Waals surface area contributed by atoms with Crippen molar-refractivity contribution in [1.29, 1.82) is 0 Å². The van der Waals surface area contributed by atoms with Crippen LogP contribution in [0.5, 0.6) is 0 Å². The molecule has 0 bridgehead atoms. The van der Waals surface area contributed by atoms with Crippen LogP contribution >= 0.6 is 0 Å². The Morgan fingerprint density at radius 3 is 1.15 bits per heavy atom. The van der Waals surface area contributed by atoms with Crippen LogP contribution in [0, 0.1) is 17.8 Å². The van der Waals surface area contributed by atoms with Crippen LogP contribution in [0.4, 0.5) is 0 Å². The third kappa shape index (κ3) is 9.08. The van der Waals surface area contributed by atoms with Crippen molar-refractivity contribution in [3.05, 3.63) is 0 Å². The maximum absolute atomic E-state index is 10.5. The second kappa shape index (κ2) is 10.7. The monoisotopic (exact) mass is 306 g/mol. The summed E-state index contributed by atoms with van der Waals surface area (Å²) in [6, 6.07) is 0. The molecule has 0 aromatic carbocycles. The average molecular weight is 307 g/mol. The fourth-order valence-electron chi connectivity index (χ4n) is 1.22. The Labute approximate surface area is 126 Å². The van der Waals surface area contributed by atoms with Crippen molar-refractivity contribution in [2.75, 3.05) is 19.8 Å². The normalized spacial score (nSPS) is 19.4. The summed E-state index contributed by atoms with van der Waals surface area (Å²) in [5.41, 5.74) is 0. The van der Waals surface area contributed by atoms with Crippen molar-refractivity contribution in [3.63, 3.8) is 0 Å². The van der Waals surface area contributed by atoms with Crippen molar-refractivity contribution in [2.45, 2.75) is 60.8 Å². The van der Waals surface area contributed by atoms with E-state index in [1.54, 1.807) is 0 Å². The zero-order chi connectivity index (χ0) is 15.6. The molecule has 0 aliphatic heterocycles. The van der Waals surface area contributed by atoms with E-state index in [0.29, 0.717) is 37.6 Å². The lowest BCUT2D eigenvalue weighted by molar-refractivity contribution is -0.0276. The number of rotatable bonds is 12. The molecule has 0 fully saturated rings. The van der Waals surface area contributed by atoms with Gasteiger partial charge in [-0.25, -0.2) is 0 Å². The molecule has 0 rings (SSSR count). The van der Waals surface area contributed by atoms with Crippen LogP contribution in [0.1, 0.15) is 60.8 Å². The lowest BCUT2D eigenvalue weighted by Crippen LogP contribution is -2.48.